The zero-order valence-corrected chi connectivity index (χ0v) is 15.2. The van der Waals surface area contributed by atoms with Gasteiger partial charge in [0, 0.05) is 18.7 Å². The standard InChI is InChI=1S/C16H14Cl2N2O4S/c17-11-7-6-10(20-8-2-5-15(20)21)9-13(11)19-25(23,24)14-4-1-3-12(18)16(14)22/h1,3-4,6-7,9,19,22H,2,5,8H2. The number of halogens is 2. The number of nitrogens with one attached hydrogen (secondary N) is 1. The monoisotopic (exact) mass is 400 g/mol. The van der Waals surface area contributed by atoms with Gasteiger partial charge in [-0.2, -0.15) is 0 Å². The third-order valence-corrected chi connectivity index (χ3v) is 5.85. The van der Waals surface area contributed by atoms with Gasteiger partial charge in [0.15, 0.2) is 5.75 Å². The van der Waals surface area contributed by atoms with Gasteiger partial charge in [0.05, 0.1) is 15.7 Å². The number of aromatic hydroxyl groups is 1. The fraction of sp³-hybridized carbons (Fsp3) is 0.188. The second-order valence-electron chi connectivity index (χ2n) is 5.51. The lowest BCUT2D eigenvalue weighted by atomic mass is 10.2. The van der Waals surface area contributed by atoms with Gasteiger partial charge in [0.25, 0.3) is 10.0 Å². The van der Waals surface area contributed by atoms with Crippen molar-refractivity contribution >= 4 is 50.5 Å². The fourth-order valence-electron chi connectivity index (χ4n) is 2.59. The first kappa shape index (κ1) is 17.8. The number of carbonyl (C=O) groups is 1. The number of sulfonamides is 1. The Morgan fingerprint density at radius 3 is 2.56 bits per heavy atom. The molecule has 0 spiro atoms. The summed E-state index contributed by atoms with van der Waals surface area (Å²) in [5, 5.41) is 9.99. The molecular formula is C16H14Cl2N2O4S. The Bertz CT molecular complexity index is 947. The maximum atomic E-state index is 12.6. The minimum atomic E-state index is -4.12. The number of nitrogens with zero attached hydrogens (tertiary/aromatic N) is 1. The Balaban J connectivity index is 1.97. The Kier molecular flexibility index (Phi) is 4.81. The first-order chi connectivity index (χ1) is 11.8. The molecule has 1 saturated heterocycles. The van der Waals surface area contributed by atoms with E-state index in [-0.39, 0.29) is 26.5 Å². The number of anilines is 2. The highest BCUT2D eigenvalue weighted by Gasteiger charge is 2.24. The molecule has 0 saturated carbocycles. The molecule has 2 aromatic rings. The largest absolute Gasteiger partial charge is 0.505 e. The lowest BCUT2D eigenvalue weighted by Crippen LogP contribution is -2.24. The Hall–Kier alpha value is -1.96. The van der Waals surface area contributed by atoms with Crippen LogP contribution in [0.25, 0.3) is 0 Å². The van der Waals surface area contributed by atoms with Crippen LogP contribution in [0.2, 0.25) is 10.0 Å². The molecule has 6 nitrogen and oxygen atoms in total. The lowest BCUT2D eigenvalue weighted by Gasteiger charge is -2.18. The highest BCUT2D eigenvalue weighted by atomic mass is 35.5. The molecule has 132 valence electrons. The molecule has 0 bridgehead atoms. The van der Waals surface area contributed by atoms with Crippen molar-refractivity contribution in [3.63, 3.8) is 0 Å². The molecule has 1 aliphatic rings. The quantitative estimate of drug-likeness (QED) is 0.819. The lowest BCUT2D eigenvalue weighted by molar-refractivity contribution is -0.117. The van der Waals surface area contributed by atoms with Crippen molar-refractivity contribution in [1.82, 2.24) is 0 Å². The molecule has 1 fully saturated rings. The van der Waals surface area contributed by atoms with Gasteiger partial charge in [-0.05, 0) is 36.8 Å². The molecule has 9 heteroatoms. The number of hydrogen-bond acceptors (Lipinski definition) is 4. The number of phenols is 1. The number of amides is 1. The van der Waals surface area contributed by atoms with Crippen LogP contribution in [0.4, 0.5) is 11.4 Å². The van der Waals surface area contributed by atoms with Gasteiger partial charge >= 0.3 is 0 Å². The van der Waals surface area contributed by atoms with E-state index >= 15 is 0 Å². The highest BCUT2D eigenvalue weighted by molar-refractivity contribution is 7.92. The van der Waals surface area contributed by atoms with Gasteiger partial charge in [0.1, 0.15) is 4.90 Å². The molecular weight excluding hydrogens is 387 g/mol. The molecule has 2 aromatic carbocycles. The minimum absolute atomic E-state index is 0.0244. The summed E-state index contributed by atoms with van der Waals surface area (Å²) in [7, 11) is -4.12. The van der Waals surface area contributed by atoms with Crippen molar-refractivity contribution in [2.75, 3.05) is 16.2 Å². The van der Waals surface area contributed by atoms with Crippen LogP contribution in [0, 0.1) is 0 Å². The van der Waals surface area contributed by atoms with E-state index in [2.05, 4.69) is 4.72 Å². The van der Waals surface area contributed by atoms with Crippen LogP contribution in [-0.2, 0) is 14.8 Å². The van der Waals surface area contributed by atoms with Crippen LogP contribution in [0.3, 0.4) is 0 Å². The highest BCUT2D eigenvalue weighted by Crippen LogP contribution is 2.34. The van der Waals surface area contributed by atoms with Gasteiger partial charge < -0.3 is 10.0 Å². The van der Waals surface area contributed by atoms with Crippen LogP contribution in [0.5, 0.6) is 5.75 Å². The van der Waals surface area contributed by atoms with E-state index in [9.17, 15) is 18.3 Å². The normalized spacial score (nSPS) is 14.8. The second-order valence-corrected chi connectivity index (χ2v) is 7.97. The summed E-state index contributed by atoms with van der Waals surface area (Å²) in [6.07, 6.45) is 1.21. The summed E-state index contributed by atoms with van der Waals surface area (Å²) in [5.74, 6) is -0.567. The van der Waals surface area contributed by atoms with Gasteiger partial charge in [-0.25, -0.2) is 8.42 Å². The van der Waals surface area contributed by atoms with Crippen molar-refractivity contribution < 1.29 is 18.3 Å². The molecule has 1 heterocycles. The predicted octanol–water partition coefficient (Wildman–Crippen LogP) is 3.63. The van der Waals surface area contributed by atoms with Crippen molar-refractivity contribution in [3.8, 4) is 5.75 Å². The maximum absolute atomic E-state index is 12.6. The topological polar surface area (TPSA) is 86.7 Å². The van der Waals surface area contributed by atoms with E-state index in [1.807, 2.05) is 0 Å². The summed E-state index contributed by atoms with van der Waals surface area (Å²) in [6.45, 7) is 0.571. The second kappa shape index (κ2) is 6.74. The van der Waals surface area contributed by atoms with Gasteiger partial charge in [-0.1, -0.05) is 29.3 Å². The number of hydrogen-bond donors (Lipinski definition) is 2. The average Bonchev–Trinajstić information content (AvgIpc) is 2.98. The minimum Gasteiger partial charge on any atom is -0.505 e. The summed E-state index contributed by atoms with van der Waals surface area (Å²) in [4.78, 5) is 13.1. The Morgan fingerprint density at radius 2 is 1.88 bits per heavy atom. The van der Waals surface area contributed by atoms with Crippen molar-refractivity contribution in [2.24, 2.45) is 0 Å². The number of rotatable bonds is 4. The number of carbonyl (C=O) groups excluding carboxylic acids is 1. The van der Waals surface area contributed by atoms with Crippen molar-refractivity contribution in [3.05, 3.63) is 46.4 Å². The van der Waals surface area contributed by atoms with Gasteiger partial charge in [0.2, 0.25) is 5.91 Å². The third-order valence-electron chi connectivity index (χ3n) is 3.82. The first-order valence-corrected chi connectivity index (χ1v) is 9.64. The van der Waals surface area contributed by atoms with Gasteiger partial charge in [-0.15, -0.1) is 0 Å². The van der Waals surface area contributed by atoms with Crippen molar-refractivity contribution in [2.45, 2.75) is 17.7 Å². The molecule has 2 N–H and O–H groups in total. The van der Waals surface area contributed by atoms with Crippen molar-refractivity contribution in [1.29, 1.82) is 0 Å². The van der Waals surface area contributed by atoms with E-state index in [0.29, 0.717) is 18.7 Å². The van der Waals surface area contributed by atoms with E-state index < -0.39 is 15.8 Å². The van der Waals surface area contributed by atoms with Gasteiger partial charge in [-0.3, -0.25) is 9.52 Å². The number of para-hydroxylation sites is 1. The fourth-order valence-corrected chi connectivity index (χ4v) is 4.23. The zero-order chi connectivity index (χ0) is 18.2. The summed E-state index contributed by atoms with van der Waals surface area (Å²) in [6, 6.07) is 8.68. The van der Waals surface area contributed by atoms with Crippen LogP contribution in [-0.4, -0.2) is 26.0 Å². The zero-order valence-electron chi connectivity index (χ0n) is 12.9. The summed E-state index contributed by atoms with van der Waals surface area (Å²) in [5.41, 5.74) is 0.665. The van der Waals surface area contributed by atoms with E-state index in [4.69, 9.17) is 23.2 Å². The third kappa shape index (κ3) is 3.53. The van der Waals surface area contributed by atoms with Crippen LogP contribution in [0.15, 0.2) is 41.3 Å². The molecule has 1 aliphatic heterocycles. The molecule has 1 amide bonds. The summed E-state index contributed by atoms with van der Waals surface area (Å²) < 4.78 is 27.4. The average molecular weight is 401 g/mol. The molecule has 0 unspecified atom stereocenters. The molecule has 0 radical (unpaired) electrons. The molecule has 3 rings (SSSR count). The Labute approximate surface area is 155 Å². The van der Waals surface area contributed by atoms with E-state index in [1.165, 1.54) is 30.3 Å². The Morgan fingerprint density at radius 1 is 1.12 bits per heavy atom. The van der Waals surface area contributed by atoms with E-state index in [0.717, 1.165) is 6.42 Å². The predicted molar refractivity (Wildman–Crippen MR) is 97.0 cm³/mol. The first-order valence-electron chi connectivity index (χ1n) is 7.40. The maximum Gasteiger partial charge on any atom is 0.265 e. The number of benzene rings is 2. The molecule has 0 aromatic heterocycles. The van der Waals surface area contributed by atoms with Crippen LogP contribution in [0.1, 0.15) is 12.8 Å². The summed E-state index contributed by atoms with van der Waals surface area (Å²) >= 11 is 11.9. The number of phenolic OH excluding ortho intramolecular Hbond substituents is 1. The molecule has 0 atom stereocenters. The van der Waals surface area contributed by atoms with Crippen LogP contribution >= 0.6 is 23.2 Å². The SMILES string of the molecule is O=C1CCCN1c1ccc(Cl)c(NS(=O)(=O)c2cccc(Cl)c2O)c1. The van der Waals surface area contributed by atoms with Crippen LogP contribution < -0.4 is 9.62 Å². The van der Waals surface area contributed by atoms with E-state index in [1.54, 1.807) is 11.0 Å². The molecule has 25 heavy (non-hydrogen) atoms. The smallest absolute Gasteiger partial charge is 0.265 e. The molecule has 0 aliphatic carbocycles.